The van der Waals surface area contributed by atoms with E-state index in [4.69, 9.17) is 5.73 Å². The average molecular weight is 210 g/mol. The van der Waals surface area contributed by atoms with Gasteiger partial charge in [0, 0.05) is 12.6 Å². The quantitative estimate of drug-likeness (QED) is 0.751. The van der Waals surface area contributed by atoms with E-state index in [1.165, 1.54) is 38.5 Å². The van der Waals surface area contributed by atoms with Crippen LogP contribution in [-0.4, -0.2) is 29.4 Å². The summed E-state index contributed by atoms with van der Waals surface area (Å²) in [6.45, 7) is 3.03. The van der Waals surface area contributed by atoms with Crippen LogP contribution >= 0.6 is 0 Å². The molecule has 15 heavy (non-hydrogen) atoms. The van der Waals surface area contributed by atoms with E-state index in [2.05, 4.69) is 4.90 Å². The number of fused-ring (bicyclic) bond motifs is 1. The lowest BCUT2D eigenvalue weighted by Gasteiger charge is -2.51. The maximum Gasteiger partial charge on any atom is 0.234 e. The van der Waals surface area contributed by atoms with Gasteiger partial charge in [0.2, 0.25) is 5.91 Å². The van der Waals surface area contributed by atoms with Gasteiger partial charge in [-0.2, -0.15) is 0 Å². The second-order valence-electron chi connectivity index (χ2n) is 5.09. The molecule has 0 aromatic rings. The summed E-state index contributed by atoms with van der Waals surface area (Å²) in [5.74, 6) is 0.669. The van der Waals surface area contributed by atoms with Gasteiger partial charge in [-0.05, 0) is 25.7 Å². The molecule has 0 aromatic carbocycles. The fourth-order valence-electron chi connectivity index (χ4n) is 3.07. The van der Waals surface area contributed by atoms with Crippen LogP contribution in [0.15, 0.2) is 0 Å². The zero-order valence-electron chi connectivity index (χ0n) is 9.61. The second-order valence-corrected chi connectivity index (χ2v) is 5.09. The molecule has 1 amide bonds. The first-order chi connectivity index (χ1) is 7.20. The first kappa shape index (κ1) is 10.9. The lowest BCUT2D eigenvalue weighted by atomic mass is 9.78. The van der Waals surface area contributed by atoms with Crippen LogP contribution in [0.25, 0.3) is 0 Å². The van der Waals surface area contributed by atoms with Crippen molar-refractivity contribution in [1.29, 1.82) is 0 Å². The predicted octanol–water partition coefficient (Wildman–Crippen LogP) is 1.51. The predicted molar refractivity (Wildman–Crippen MR) is 60.3 cm³/mol. The summed E-state index contributed by atoms with van der Waals surface area (Å²) in [6.07, 6.45) is 8.08. The normalized spacial score (nSPS) is 34.5. The van der Waals surface area contributed by atoms with Gasteiger partial charge in [0.1, 0.15) is 0 Å². The van der Waals surface area contributed by atoms with Crippen molar-refractivity contribution in [3.63, 3.8) is 0 Å². The van der Waals surface area contributed by atoms with E-state index >= 15 is 0 Å². The molecule has 2 aliphatic rings. The molecule has 3 nitrogen and oxygen atoms in total. The number of rotatable bonds is 2. The SMILES string of the molecule is C[C@H](C(N)=O)N1C[C@@H]2CCCCCC[C@@H]21. The Morgan fingerprint density at radius 2 is 1.93 bits per heavy atom. The third kappa shape index (κ3) is 2.17. The molecule has 86 valence electrons. The lowest BCUT2D eigenvalue weighted by Crippen LogP contribution is -2.62. The Hall–Kier alpha value is -0.570. The first-order valence-electron chi connectivity index (χ1n) is 6.25. The van der Waals surface area contributed by atoms with E-state index in [1.807, 2.05) is 6.92 Å². The van der Waals surface area contributed by atoms with E-state index in [9.17, 15) is 4.79 Å². The Morgan fingerprint density at radius 1 is 1.27 bits per heavy atom. The number of likely N-dealkylation sites (tertiary alicyclic amines) is 1. The Balaban J connectivity index is 1.92. The van der Waals surface area contributed by atoms with E-state index in [0.29, 0.717) is 6.04 Å². The maximum atomic E-state index is 11.1. The van der Waals surface area contributed by atoms with Crippen molar-refractivity contribution in [2.75, 3.05) is 6.54 Å². The summed E-state index contributed by atoms with van der Waals surface area (Å²) in [5, 5.41) is 0. The summed E-state index contributed by atoms with van der Waals surface area (Å²) < 4.78 is 0. The largest absolute Gasteiger partial charge is 0.368 e. The zero-order valence-corrected chi connectivity index (χ0v) is 9.61. The van der Waals surface area contributed by atoms with Crippen molar-refractivity contribution in [3.8, 4) is 0 Å². The van der Waals surface area contributed by atoms with Gasteiger partial charge in [-0.3, -0.25) is 9.69 Å². The molecule has 0 radical (unpaired) electrons. The van der Waals surface area contributed by atoms with Crippen LogP contribution in [0.2, 0.25) is 0 Å². The topological polar surface area (TPSA) is 46.3 Å². The Bertz CT molecular complexity index is 242. The van der Waals surface area contributed by atoms with Gasteiger partial charge in [-0.1, -0.05) is 25.7 Å². The van der Waals surface area contributed by atoms with Crippen LogP contribution in [0.3, 0.4) is 0 Å². The Labute approximate surface area is 92.0 Å². The van der Waals surface area contributed by atoms with Gasteiger partial charge < -0.3 is 5.73 Å². The maximum absolute atomic E-state index is 11.1. The summed E-state index contributed by atoms with van der Waals surface area (Å²) in [4.78, 5) is 13.4. The highest BCUT2D eigenvalue weighted by Gasteiger charge is 2.41. The number of carbonyl (C=O) groups is 1. The fourth-order valence-corrected chi connectivity index (χ4v) is 3.07. The second kappa shape index (κ2) is 4.52. The zero-order chi connectivity index (χ0) is 10.8. The van der Waals surface area contributed by atoms with Gasteiger partial charge in [0.05, 0.1) is 6.04 Å². The molecule has 2 rings (SSSR count). The molecule has 0 spiro atoms. The number of amides is 1. The number of nitrogens with zero attached hydrogens (tertiary/aromatic N) is 1. The summed E-state index contributed by atoms with van der Waals surface area (Å²) in [5.41, 5.74) is 5.36. The van der Waals surface area contributed by atoms with Crippen molar-refractivity contribution in [2.24, 2.45) is 11.7 Å². The van der Waals surface area contributed by atoms with Crippen molar-refractivity contribution < 1.29 is 4.79 Å². The van der Waals surface area contributed by atoms with Crippen LogP contribution in [0.4, 0.5) is 0 Å². The first-order valence-corrected chi connectivity index (χ1v) is 6.25. The van der Waals surface area contributed by atoms with Gasteiger partial charge >= 0.3 is 0 Å². The highest BCUT2D eigenvalue weighted by atomic mass is 16.1. The molecule has 0 bridgehead atoms. The van der Waals surface area contributed by atoms with Crippen LogP contribution in [0.1, 0.15) is 45.4 Å². The van der Waals surface area contributed by atoms with Crippen molar-refractivity contribution in [3.05, 3.63) is 0 Å². The monoisotopic (exact) mass is 210 g/mol. The molecular weight excluding hydrogens is 188 g/mol. The fraction of sp³-hybridized carbons (Fsp3) is 0.917. The Morgan fingerprint density at radius 3 is 2.60 bits per heavy atom. The molecule has 2 fully saturated rings. The third-order valence-electron chi connectivity index (χ3n) is 4.15. The minimum absolute atomic E-state index is 0.0642. The highest BCUT2D eigenvalue weighted by Crippen LogP contribution is 2.36. The molecule has 0 aromatic heterocycles. The number of primary amides is 1. The van der Waals surface area contributed by atoms with Crippen molar-refractivity contribution in [2.45, 2.75) is 57.5 Å². The highest BCUT2D eigenvalue weighted by molar-refractivity contribution is 5.79. The summed E-state index contributed by atoms with van der Waals surface area (Å²) in [6, 6.07) is 0.582. The summed E-state index contributed by atoms with van der Waals surface area (Å²) >= 11 is 0. The number of hydrogen-bond acceptors (Lipinski definition) is 2. The number of nitrogens with two attached hydrogens (primary N) is 1. The molecule has 1 aliphatic heterocycles. The van der Waals surface area contributed by atoms with Gasteiger partial charge in [0.25, 0.3) is 0 Å². The third-order valence-corrected chi connectivity index (χ3v) is 4.15. The molecule has 1 saturated carbocycles. The molecule has 3 heteroatoms. The van der Waals surface area contributed by atoms with Gasteiger partial charge in [-0.25, -0.2) is 0 Å². The number of carbonyl (C=O) groups excluding carboxylic acids is 1. The smallest absolute Gasteiger partial charge is 0.234 e. The van der Waals surface area contributed by atoms with E-state index < -0.39 is 0 Å². The Kier molecular flexibility index (Phi) is 3.29. The molecule has 1 aliphatic carbocycles. The minimum Gasteiger partial charge on any atom is -0.368 e. The van der Waals surface area contributed by atoms with Gasteiger partial charge in [0.15, 0.2) is 0 Å². The van der Waals surface area contributed by atoms with Crippen LogP contribution < -0.4 is 5.73 Å². The number of hydrogen-bond donors (Lipinski definition) is 1. The average Bonchev–Trinajstić information content (AvgIpc) is 2.16. The van der Waals surface area contributed by atoms with Crippen LogP contribution in [-0.2, 0) is 4.79 Å². The molecule has 3 atom stereocenters. The standard InChI is InChI=1S/C12H22N2O/c1-9(12(13)15)14-8-10-6-4-2-3-5-7-11(10)14/h9-11H,2-8H2,1H3,(H2,13,15)/t9-,10+,11+/m1/s1. The van der Waals surface area contributed by atoms with E-state index in [1.54, 1.807) is 0 Å². The molecule has 1 heterocycles. The van der Waals surface area contributed by atoms with E-state index in [-0.39, 0.29) is 11.9 Å². The van der Waals surface area contributed by atoms with Crippen LogP contribution in [0, 0.1) is 5.92 Å². The van der Waals surface area contributed by atoms with E-state index in [0.717, 1.165) is 12.5 Å². The molecule has 2 N–H and O–H groups in total. The van der Waals surface area contributed by atoms with Crippen molar-refractivity contribution in [1.82, 2.24) is 4.90 Å². The molecular formula is C12H22N2O. The van der Waals surface area contributed by atoms with Gasteiger partial charge in [-0.15, -0.1) is 0 Å². The molecule has 0 unspecified atom stereocenters. The van der Waals surface area contributed by atoms with Crippen LogP contribution in [0.5, 0.6) is 0 Å². The van der Waals surface area contributed by atoms with Crippen molar-refractivity contribution >= 4 is 5.91 Å². The molecule has 1 saturated heterocycles. The summed E-state index contributed by atoms with van der Waals surface area (Å²) in [7, 11) is 0. The lowest BCUT2D eigenvalue weighted by molar-refractivity contribution is -0.129. The minimum atomic E-state index is -0.171.